The molecule has 2 nitrogen and oxygen atoms in total. The average molecular weight is 292 g/mol. The molecule has 1 N–H and O–H groups in total. The quantitative estimate of drug-likeness (QED) is 0.541. The van der Waals surface area contributed by atoms with Gasteiger partial charge in [0.05, 0.1) is 13.2 Å². The first-order chi connectivity index (χ1) is 10.3. The molecule has 0 aliphatic carbocycles. The Hall–Kier alpha value is -1.02. The van der Waals surface area contributed by atoms with Crippen LogP contribution < -0.4 is 4.74 Å². The maximum atomic E-state index is 10.1. The topological polar surface area (TPSA) is 29.5 Å². The number of ether oxygens (including phenoxy) is 1. The summed E-state index contributed by atoms with van der Waals surface area (Å²) in [5.74, 6) is 0.882. The predicted octanol–water partition coefficient (Wildman–Crippen LogP) is 5.13. The van der Waals surface area contributed by atoms with Crippen molar-refractivity contribution in [2.24, 2.45) is 0 Å². The van der Waals surface area contributed by atoms with Crippen molar-refractivity contribution in [2.75, 3.05) is 7.11 Å². The minimum Gasteiger partial charge on any atom is -0.496 e. The molecule has 0 aliphatic heterocycles. The monoisotopic (exact) mass is 292 g/mol. The van der Waals surface area contributed by atoms with Crippen LogP contribution in [0.4, 0.5) is 0 Å². The molecule has 0 spiro atoms. The fraction of sp³-hybridized carbons (Fsp3) is 0.684. The molecule has 0 aliphatic rings. The maximum Gasteiger partial charge on any atom is 0.122 e. The van der Waals surface area contributed by atoms with Gasteiger partial charge < -0.3 is 9.84 Å². The number of hydrogen-bond donors (Lipinski definition) is 1. The van der Waals surface area contributed by atoms with Crippen LogP contribution in [0.1, 0.15) is 70.3 Å². The molecule has 0 aromatic heterocycles. The third-order valence-corrected chi connectivity index (χ3v) is 4.04. The second-order valence-corrected chi connectivity index (χ2v) is 5.93. The van der Waals surface area contributed by atoms with E-state index in [1.807, 2.05) is 24.3 Å². The van der Waals surface area contributed by atoms with Crippen LogP contribution in [-0.4, -0.2) is 18.3 Å². The van der Waals surface area contributed by atoms with Crippen LogP contribution in [0.2, 0.25) is 0 Å². The van der Waals surface area contributed by atoms with Gasteiger partial charge in [-0.05, 0) is 18.1 Å². The van der Waals surface area contributed by atoms with Gasteiger partial charge in [0.15, 0.2) is 0 Å². The normalized spacial score (nSPS) is 12.3. The van der Waals surface area contributed by atoms with Crippen molar-refractivity contribution in [1.82, 2.24) is 0 Å². The number of benzene rings is 1. The van der Waals surface area contributed by atoms with E-state index in [0.717, 1.165) is 24.2 Å². The van der Waals surface area contributed by atoms with Crippen molar-refractivity contribution >= 4 is 0 Å². The lowest BCUT2D eigenvalue weighted by atomic mass is 10.0. The molecular weight excluding hydrogens is 260 g/mol. The van der Waals surface area contributed by atoms with Gasteiger partial charge in [-0.1, -0.05) is 76.5 Å². The molecule has 0 saturated carbocycles. The first kappa shape index (κ1) is 18.0. The van der Waals surface area contributed by atoms with Crippen LogP contribution >= 0.6 is 0 Å². The summed E-state index contributed by atoms with van der Waals surface area (Å²) in [7, 11) is 1.68. The SMILES string of the molecule is CCCCCCCCCCC(O)Cc1ccccc1OC. The second kappa shape index (κ2) is 11.6. The Bertz CT molecular complexity index is 362. The first-order valence-corrected chi connectivity index (χ1v) is 8.58. The average Bonchev–Trinajstić information content (AvgIpc) is 2.50. The molecule has 0 saturated heterocycles. The third-order valence-electron chi connectivity index (χ3n) is 4.04. The van der Waals surface area contributed by atoms with Crippen LogP contribution in [0.25, 0.3) is 0 Å². The largest absolute Gasteiger partial charge is 0.496 e. The van der Waals surface area contributed by atoms with Gasteiger partial charge >= 0.3 is 0 Å². The van der Waals surface area contributed by atoms with Crippen molar-refractivity contribution in [1.29, 1.82) is 0 Å². The second-order valence-electron chi connectivity index (χ2n) is 5.93. The molecule has 1 aromatic carbocycles. The highest BCUT2D eigenvalue weighted by atomic mass is 16.5. The summed E-state index contributed by atoms with van der Waals surface area (Å²) in [4.78, 5) is 0. The van der Waals surface area contributed by atoms with Gasteiger partial charge in [0.2, 0.25) is 0 Å². The highest BCUT2D eigenvalue weighted by Crippen LogP contribution is 2.20. The Morgan fingerprint density at radius 1 is 0.952 bits per heavy atom. The lowest BCUT2D eigenvalue weighted by molar-refractivity contribution is 0.160. The highest BCUT2D eigenvalue weighted by molar-refractivity contribution is 5.33. The van der Waals surface area contributed by atoms with E-state index in [0.29, 0.717) is 6.42 Å². The molecule has 120 valence electrons. The van der Waals surface area contributed by atoms with E-state index in [-0.39, 0.29) is 6.10 Å². The number of rotatable bonds is 12. The zero-order chi connectivity index (χ0) is 15.3. The Labute approximate surface area is 130 Å². The van der Waals surface area contributed by atoms with E-state index in [4.69, 9.17) is 4.74 Å². The fourth-order valence-electron chi connectivity index (χ4n) is 2.74. The molecule has 1 rings (SSSR count). The lowest BCUT2D eigenvalue weighted by Crippen LogP contribution is -2.11. The number of unbranched alkanes of at least 4 members (excludes halogenated alkanes) is 7. The zero-order valence-corrected chi connectivity index (χ0v) is 13.8. The standard InChI is InChI=1S/C19H32O2/c1-3-4-5-6-7-8-9-10-14-18(20)16-17-13-11-12-15-19(17)21-2/h11-13,15,18,20H,3-10,14,16H2,1-2H3. The Kier molecular flexibility index (Phi) is 9.98. The molecule has 1 aromatic rings. The van der Waals surface area contributed by atoms with E-state index in [2.05, 4.69) is 6.92 Å². The third kappa shape index (κ3) is 8.11. The summed E-state index contributed by atoms with van der Waals surface area (Å²) in [6, 6.07) is 7.96. The van der Waals surface area contributed by atoms with Gasteiger partial charge in [-0.3, -0.25) is 0 Å². The number of hydrogen-bond acceptors (Lipinski definition) is 2. The van der Waals surface area contributed by atoms with E-state index >= 15 is 0 Å². The van der Waals surface area contributed by atoms with E-state index < -0.39 is 0 Å². The van der Waals surface area contributed by atoms with Crippen LogP contribution in [-0.2, 0) is 6.42 Å². The Balaban J connectivity index is 2.10. The van der Waals surface area contributed by atoms with E-state index in [1.165, 1.54) is 44.9 Å². The molecule has 0 radical (unpaired) electrons. The van der Waals surface area contributed by atoms with Gasteiger partial charge in [-0.25, -0.2) is 0 Å². The summed E-state index contributed by atoms with van der Waals surface area (Å²) in [5, 5.41) is 10.1. The summed E-state index contributed by atoms with van der Waals surface area (Å²) < 4.78 is 5.32. The molecule has 0 heterocycles. The van der Waals surface area contributed by atoms with Gasteiger partial charge in [-0.2, -0.15) is 0 Å². The molecule has 21 heavy (non-hydrogen) atoms. The van der Waals surface area contributed by atoms with Crippen molar-refractivity contribution in [3.8, 4) is 5.75 Å². The summed E-state index contributed by atoms with van der Waals surface area (Å²) in [5.41, 5.74) is 1.10. The van der Waals surface area contributed by atoms with Gasteiger partial charge in [0.1, 0.15) is 5.75 Å². The van der Waals surface area contributed by atoms with Crippen LogP contribution in [0, 0.1) is 0 Å². The first-order valence-electron chi connectivity index (χ1n) is 8.58. The molecule has 0 bridgehead atoms. The molecular formula is C19H32O2. The van der Waals surface area contributed by atoms with Crippen molar-refractivity contribution in [3.63, 3.8) is 0 Å². The predicted molar refractivity (Wildman–Crippen MR) is 89.9 cm³/mol. The Morgan fingerprint density at radius 3 is 2.24 bits per heavy atom. The van der Waals surface area contributed by atoms with Crippen LogP contribution in [0.3, 0.4) is 0 Å². The van der Waals surface area contributed by atoms with E-state index in [9.17, 15) is 5.11 Å². The van der Waals surface area contributed by atoms with Crippen molar-refractivity contribution in [3.05, 3.63) is 29.8 Å². The van der Waals surface area contributed by atoms with Crippen LogP contribution in [0.15, 0.2) is 24.3 Å². The van der Waals surface area contributed by atoms with Gasteiger partial charge in [-0.15, -0.1) is 0 Å². The zero-order valence-electron chi connectivity index (χ0n) is 13.8. The minimum atomic E-state index is -0.249. The Morgan fingerprint density at radius 2 is 1.57 bits per heavy atom. The molecule has 2 heteroatoms. The maximum absolute atomic E-state index is 10.1. The molecule has 1 atom stereocenters. The smallest absolute Gasteiger partial charge is 0.122 e. The molecule has 1 unspecified atom stereocenters. The fourth-order valence-corrected chi connectivity index (χ4v) is 2.74. The van der Waals surface area contributed by atoms with Gasteiger partial charge in [0.25, 0.3) is 0 Å². The number of methoxy groups -OCH3 is 1. The van der Waals surface area contributed by atoms with E-state index in [1.54, 1.807) is 7.11 Å². The summed E-state index contributed by atoms with van der Waals surface area (Å²) in [6.45, 7) is 2.25. The van der Waals surface area contributed by atoms with Crippen LogP contribution in [0.5, 0.6) is 5.75 Å². The summed E-state index contributed by atoms with van der Waals surface area (Å²) in [6.07, 6.45) is 11.8. The number of para-hydroxylation sites is 1. The number of aliphatic hydroxyl groups excluding tert-OH is 1. The van der Waals surface area contributed by atoms with Gasteiger partial charge in [0, 0.05) is 6.42 Å². The van der Waals surface area contributed by atoms with Crippen molar-refractivity contribution in [2.45, 2.75) is 77.2 Å². The highest BCUT2D eigenvalue weighted by Gasteiger charge is 2.09. The molecule has 0 amide bonds. The summed E-state index contributed by atoms with van der Waals surface area (Å²) >= 11 is 0. The lowest BCUT2D eigenvalue weighted by Gasteiger charge is -2.13. The minimum absolute atomic E-state index is 0.249. The molecule has 0 fully saturated rings. The number of aliphatic hydroxyl groups is 1. The van der Waals surface area contributed by atoms with Crippen molar-refractivity contribution < 1.29 is 9.84 Å².